The van der Waals surface area contributed by atoms with Gasteiger partial charge in [-0.3, -0.25) is 10.00 Å². The summed E-state index contributed by atoms with van der Waals surface area (Å²) in [6.45, 7) is 6.40. The minimum atomic E-state index is 0.645. The zero-order chi connectivity index (χ0) is 19.9. The van der Waals surface area contributed by atoms with Crippen molar-refractivity contribution in [3.8, 4) is 0 Å². The van der Waals surface area contributed by atoms with E-state index in [0.717, 1.165) is 69.0 Å². The second-order valence-corrected chi connectivity index (χ2v) is 8.57. The number of nitrogens with zero attached hydrogens (tertiary/aromatic N) is 6. The second kappa shape index (κ2) is 7.55. The number of aromatic amines is 1. The summed E-state index contributed by atoms with van der Waals surface area (Å²) >= 11 is 0. The van der Waals surface area contributed by atoms with E-state index in [0.29, 0.717) is 5.92 Å². The number of ether oxygens (including phenoxy) is 1. The van der Waals surface area contributed by atoms with Gasteiger partial charge < -0.3 is 15.0 Å². The molecule has 3 fully saturated rings. The van der Waals surface area contributed by atoms with E-state index in [4.69, 9.17) is 14.8 Å². The van der Waals surface area contributed by atoms with E-state index in [2.05, 4.69) is 48.0 Å². The van der Waals surface area contributed by atoms with E-state index in [1.807, 2.05) is 0 Å². The van der Waals surface area contributed by atoms with Gasteiger partial charge in [-0.15, -0.1) is 5.10 Å². The molecule has 1 aliphatic carbocycles. The van der Waals surface area contributed by atoms with E-state index in [-0.39, 0.29) is 0 Å². The number of fused-ring (bicyclic) bond motifs is 1. The molecule has 3 aromatic heterocycles. The van der Waals surface area contributed by atoms with E-state index in [1.54, 1.807) is 0 Å². The van der Waals surface area contributed by atoms with Gasteiger partial charge in [0, 0.05) is 50.4 Å². The quantitative estimate of drug-likeness (QED) is 0.648. The largest absolute Gasteiger partial charge is 0.379 e. The second-order valence-electron chi connectivity index (χ2n) is 8.57. The molecule has 3 aliphatic rings. The van der Waals surface area contributed by atoms with Crippen LogP contribution in [-0.4, -0.2) is 69.1 Å². The van der Waals surface area contributed by atoms with Crippen LogP contribution >= 0.6 is 0 Å². The first-order valence-electron chi connectivity index (χ1n) is 11.1. The Morgan fingerprint density at radius 1 is 1.10 bits per heavy atom. The molecule has 158 valence electrons. The van der Waals surface area contributed by atoms with E-state index >= 15 is 0 Å². The summed E-state index contributed by atoms with van der Waals surface area (Å²) in [5, 5.41) is 16.0. The standard InChI is InChI=1S/C21H28N8O/c1-2-8-28(7-1)21-23-20(22-19-13-17(24-25-19)15-3-4-15)18-6-5-16(29(18)26-21)14-27-9-11-30-12-10-27/h5-6,13,15H,1-4,7-12,14H2,(H2,22,23,24,25,26). The highest BCUT2D eigenvalue weighted by atomic mass is 16.5. The van der Waals surface area contributed by atoms with Crippen molar-refractivity contribution in [3.63, 3.8) is 0 Å². The zero-order valence-corrected chi connectivity index (χ0v) is 17.2. The Morgan fingerprint density at radius 3 is 2.73 bits per heavy atom. The van der Waals surface area contributed by atoms with Crippen molar-refractivity contribution >= 4 is 23.1 Å². The molecule has 1 saturated carbocycles. The molecule has 0 amide bonds. The Balaban J connectivity index is 1.35. The number of aromatic nitrogens is 5. The predicted molar refractivity (Wildman–Crippen MR) is 114 cm³/mol. The Labute approximate surface area is 175 Å². The van der Waals surface area contributed by atoms with Gasteiger partial charge in [0.25, 0.3) is 0 Å². The van der Waals surface area contributed by atoms with Gasteiger partial charge in [-0.25, -0.2) is 4.52 Å². The third kappa shape index (κ3) is 3.52. The first-order chi connectivity index (χ1) is 14.8. The van der Waals surface area contributed by atoms with Crippen LogP contribution in [0.3, 0.4) is 0 Å². The molecule has 30 heavy (non-hydrogen) atoms. The number of hydrogen-bond donors (Lipinski definition) is 2. The molecule has 0 atom stereocenters. The summed E-state index contributed by atoms with van der Waals surface area (Å²) in [5.41, 5.74) is 3.38. The van der Waals surface area contributed by atoms with Crippen molar-refractivity contribution in [1.82, 2.24) is 29.7 Å². The maximum Gasteiger partial charge on any atom is 0.245 e. The lowest BCUT2D eigenvalue weighted by atomic mass is 10.3. The minimum absolute atomic E-state index is 0.645. The predicted octanol–water partition coefficient (Wildman–Crippen LogP) is 2.51. The molecular weight excluding hydrogens is 380 g/mol. The van der Waals surface area contributed by atoms with Crippen molar-refractivity contribution in [1.29, 1.82) is 0 Å². The van der Waals surface area contributed by atoms with Crippen LogP contribution < -0.4 is 10.2 Å². The van der Waals surface area contributed by atoms with Gasteiger partial charge in [0.05, 0.1) is 18.9 Å². The van der Waals surface area contributed by atoms with Crippen LogP contribution in [0.5, 0.6) is 0 Å². The molecule has 0 aromatic carbocycles. The number of anilines is 3. The topological polar surface area (TPSA) is 86.6 Å². The summed E-state index contributed by atoms with van der Waals surface area (Å²) in [6, 6.07) is 6.39. The molecule has 2 saturated heterocycles. The lowest BCUT2D eigenvalue weighted by Gasteiger charge is -2.26. The molecule has 6 rings (SSSR count). The first-order valence-corrected chi connectivity index (χ1v) is 11.1. The Bertz CT molecular complexity index is 1030. The van der Waals surface area contributed by atoms with Crippen molar-refractivity contribution in [2.45, 2.75) is 38.1 Å². The van der Waals surface area contributed by atoms with E-state index < -0.39 is 0 Å². The normalized spacial score (nSPS) is 20.3. The number of H-pyrrole nitrogens is 1. The SMILES string of the molecule is c1c(Nc2nc(N3CCCC3)nn3c(CN4CCOCC4)ccc23)n[nH]c1C1CC1. The average molecular weight is 409 g/mol. The highest BCUT2D eigenvalue weighted by Gasteiger charge is 2.26. The van der Waals surface area contributed by atoms with Gasteiger partial charge in [-0.1, -0.05) is 0 Å². The van der Waals surface area contributed by atoms with Gasteiger partial charge in [0.15, 0.2) is 11.6 Å². The first kappa shape index (κ1) is 18.1. The van der Waals surface area contributed by atoms with Gasteiger partial charge in [0.1, 0.15) is 5.52 Å². The fraction of sp³-hybridized carbons (Fsp3) is 0.571. The fourth-order valence-corrected chi connectivity index (χ4v) is 4.41. The maximum absolute atomic E-state index is 5.50. The van der Waals surface area contributed by atoms with Crippen molar-refractivity contribution < 1.29 is 4.74 Å². The van der Waals surface area contributed by atoms with Crippen molar-refractivity contribution in [2.24, 2.45) is 0 Å². The average Bonchev–Trinajstić information content (AvgIpc) is 3.16. The minimum Gasteiger partial charge on any atom is -0.379 e. The van der Waals surface area contributed by atoms with Crippen molar-refractivity contribution in [2.75, 3.05) is 49.6 Å². The highest BCUT2D eigenvalue weighted by Crippen LogP contribution is 2.39. The third-order valence-corrected chi connectivity index (χ3v) is 6.32. The van der Waals surface area contributed by atoms with Crippen LogP contribution in [0, 0.1) is 0 Å². The van der Waals surface area contributed by atoms with E-state index in [9.17, 15) is 0 Å². The van der Waals surface area contributed by atoms with Crippen LogP contribution in [0.25, 0.3) is 5.52 Å². The van der Waals surface area contributed by atoms with Gasteiger partial charge in [-0.05, 0) is 37.8 Å². The molecular formula is C21H28N8O. The Hall–Kier alpha value is -2.65. The maximum atomic E-state index is 5.50. The summed E-state index contributed by atoms with van der Waals surface area (Å²) in [7, 11) is 0. The van der Waals surface area contributed by atoms with Gasteiger partial charge >= 0.3 is 0 Å². The Kier molecular flexibility index (Phi) is 4.57. The van der Waals surface area contributed by atoms with Crippen LogP contribution in [0.4, 0.5) is 17.6 Å². The number of morpholine rings is 1. The molecule has 0 spiro atoms. The lowest BCUT2D eigenvalue weighted by Crippen LogP contribution is -2.36. The van der Waals surface area contributed by atoms with Gasteiger partial charge in [0.2, 0.25) is 5.95 Å². The highest BCUT2D eigenvalue weighted by molar-refractivity contribution is 5.73. The molecule has 0 unspecified atom stereocenters. The molecule has 9 nitrogen and oxygen atoms in total. The van der Waals surface area contributed by atoms with Crippen LogP contribution in [0.2, 0.25) is 0 Å². The van der Waals surface area contributed by atoms with Crippen molar-refractivity contribution in [3.05, 3.63) is 29.6 Å². The molecule has 0 radical (unpaired) electrons. The van der Waals surface area contributed by atoms with E-state index in [1.165, 1.54) is 37.1 Å². The summed E-state index contributed by atoms with van der Waals surface area (Å²) < 4.78 is 7.56. The molecule has 2 aliphatic heterocycles. The number of hydrogen-bond acceptors (Lipinski definition) is 7. The molecule has 0 bridgehead atoms. The third-order valence-electron chi connectivity index (χ3n) is 6.32. The van der Waals surface area contributed by atoms with Crippen LogP contribution in [-0.2, 0) is 11.3 Å². The van der Waals surface area contributed by atoms with Crippen LogP contribution in [0.1, 0.15) is 43.0 Å². The monoisotopic (exact) mass is 408 g/mol. The Morgan fingerprint density at radius 2 is 1.93 bits per heavy atom. The molecule has 3 aromatic rings. The smallest absolute Gasteiger partial charge is 0.245 e. The molecule has 9 heteroatoms. The molecule has 5 heterocycles. The summed E-state index contributed by atoms with van der Waals surface area (Å²) in [4.78, 5) is 9.61. The molecule has 2 N–H and O–H groups in total. The number of rotatable bonds is 6. The summed E-state index contributed by atoms with van der Waals surface area (Å²) in [5.74, 6) is 3.07. The lowest BCUT2D eigenvalue weighted by molar-refractivity contribution is 0.0334. The van der Waals surface area contributed by atoms with Crippen LogP contribution in [0.15, 0.2) is 18.2 Å². The zero-order valence-electron chi connectivity index (χ0n) is 17.2. The van der Waals surface area contributed by atoms with Gasteiger partial charge in [-0.2, -0.15) is 10.1 Å². The summed E-state index contributed by atoms with van der Waals surface area (Å²) in [6.07, 6.45) is 4.89. The number of nitrogens with one attached hydrogen (secondary N) is 2. The fourth-order valence-electron chi connectivity index (χ4n) is 4.41.